The zero-order valence-electron chi connectivity index (χ0n) is 11.9. The number of rotatable bonds is 8. The molecule has 2 unspecified atom stereocenters. The van der Waals surface area contributed by atoms with Crippen LogP contribution in [0.1, 0.15) is 53.4 Å². The van der Waals surface area contributed by atoms with E-state index in [1.165, 1.54) is 19.3 Å². The van der Waals surface area contributed by atoms with Crippen LogP contribution in [-0.4, -0.2) is 40.8 Å². The number of aliphatic hydroxyl groups is 1. The lowest BCUT2D eigenvalue weighted by atomic mass is 9.96. The lowest BCUT2D eigenvalue weighted by Gasteiger charge is -2.34. The van der Waals surface area contributed by atoms with Gasteiger partial charge < -0.3 is 10.8 Å². The first-order valence-corrected chi connectivity index (χ1v) is 7.04. The summed E-state index contributed by atoms with van der Waals surface area (Å²) in [5.41, 5.74) is 4.88. The van der Waals surface area contributed by atoms with E-state index in [1.54, 1.807) is 0 Å². The highest BCUT2D eigenvalue weighted by atomic mass is 16.3. The summed E-state index contributed by atoms with van der Waals surface area (Å²) in [5.74, 6) is 0.749. The van der Waals surface area contributed by atoms with Crippen molar-refractivity contribution in [2.24, 2.45) is 11.7 Å². The van der Waals surface area contributed by atoms with Crippen molar-refractivity contribution in [3.63, 3.8) is 0 Å². The van der Waals surface area contributed by atoms with E-state index in [4.69, 9.17) is 5.73 Å². The van der Waals surface area contributed by atoms with Gasteiger partial charge >= 0.3 is 0 Å². The van der Waals surface area contributed by atoms with Gasteiger partial charge in [-0.05, 0) is 52.0 Å². The predicted octanol–water partition coefficient (Wildman–Crippen LogP) is 1.99. The first-order chi connectivity index (χ1) is 7.85. The Hall–Kier alpha value is -0.120. The van der Waals surface area contributed by atoms with E-state index in [-0.39, 0.29) is 0 Å². The first kappa shape index (κ1) is 14.9. The zero-order valence-corrected chi connectivity index (χ0v) is 11.9. The van der Waals surface area contributed by atoms with E-state index >= 15 is 0 Å². The van der Waals surface area contributed by atoms with Crippen molar-refractivity contribution in [2.45, 2.75) is 71.1 Å². The molecule has 0 radical (unpaired) electrons. The molecule has 0 saturated heterocycles. The van der Waals surface area contributed by atoms with Crippen LogP contribution in [-0.2, 0) is 0 Å². The maximum absolute atomic E-state index is 10.1. The molecule has 102 valence electrons. The van der Waals surface area contributed by atoms with Gasteiger partial charge in [-0.2, -0.15) is 0 Å². The van der Waals surface area contributed by atoms with Gasteiger partial charge in [-0.1, -0.05) is 13.8 Å². The highest BCUT2D eigenvalue weighted by Crippen LogP contribution is 2.31. The molecule has 1 saturated carbocycles. The van der Waals surface area contributed by atoms with Crippen LogP contribution in [0.5, 0.6) is 0 Å². The van der Waals surface area contributed by atoms with Gasteiger partial charge in [-0.25, -0.2) is 0 Å². The summed E-state index contributed by atoms with van der Waals surface area (Å²) >= 11 is 0. The van der Waals surface area contributed by atoms with Crippen LogP contribution in [0.15, 0.2) is 0 Å². The minimum atomic E-state index is -0.718. The molecule has 3 nitrogen and oxygen atoms in total. The van der Waals surface area contributed by atoms with Gasteiger partial charge in [0.1, 0.15) is 0 Å². The molecule has 0 spiro atoms. The van der Waals surface area contributed by atoms with Crippen LogP contribution >= 0.6 is 0 Å². The third kappa shape index (κ3) is 5.36. The van der Waals surface area contributed by atoms with Crippen LogP contribution in [0.25, 0.3) is 0 Å². The Bertz CT molecular complexity index is 224. The molecule has 1 fully saturated rings. The summed E-state index contributed by atoms with van der Waals surface area (Å²) in [5, 5.41) is 10.1. The lowest BCUT2D eigenvalue weighted by molar-refractivity contribution is 0.0259. The Balaban J connectivity index is 2.46. The summed E-state index contributed by atoms with van der Waals surface area (Å²) in [6.07, 6.45) is 4.67. The maximum Gasteiger partial charge on any atom is 0.0756 e. The molecule has 0 aromatic rings. The Kier molecular flexibility index (Phi) is 5.42. The van der Waals surface area contributed by atoms with Crippen molar-refractivity contribution >= 4 is 0 Å². The molecule has 3 heteroatoms. The number of hydrogen-bond acceptors (Lipinski definition) is 3. The fourth-order valence-corrected chi connectivity index (χ4v) is 2.41. The van der Waals surface area contributed by atoms with Crippen molar-refractivity contribution in [3.05, 3.63) is 0 Å². The molecule has 17 heavy (non-hydrogen) atoms. The number of nitrogens with two attached hydrogens (primary N) is 1. The number of nitrogens with zero attached hydrogens (tertiary/aromatic N) is 1. The largest absolute Gasteiger partial charge is 0.389 e. The summed E-state index contributed by atoms with van der Waals surface area (Å²) in [7, 11) is 0. The molecule has 0 aliphatic heterocycles. The maximum atomic E-state index is 10.1. The summed E-state index contributed by atoms with van der Waals surface area (Å²) in [6.45, 7) is 10.1. The third-order valence-electron chi connectivity index (χ3n) is 3.72. The molecule has 3 N–H and O–H groups in total. The normalized spacial score (nSPS) is 21.9. The molecule has 0 aromatic carbocycles. The molecule has 2 atom stereocenters. The van der Waals surface area contributed by atoms with Gasteiger partial charge in [0.15, 0.2) is 0 Å². The van der Waals surface area contributed by atoms with E-state index in [0.717, 1.165) is 24.9 Å². The second-order valence-electron chi connectivity index (χ2n) is 6.41. The van der Waals surface area contributed by atoms with Crippen molar-refractivity contribution < 1.29 is 5.11 Å². The van der Waals surface area contributed by atoms with E-state index < -0.39 is 5.60 Å². The predicted molar refractivity (Wildman–Crippen MR) is 72.9 cm³/mol. The van der Waals surface area contributed by atoms with Gasteiger partial charge in [0.05, 0.1) is 5.60 Å². The smallest absolute Gasteiger partial charge is 0.0756 e. The SMILES string of the molecule is CC(C)CCN(C(C)CC(C)(O)CN)C1CC1. The highest BCUT2D eigenvalue weighted by molar-refractivity contribution is 4.90. The molecular weight excluding hydrogens is 212 g/mol. The lowest BCUT2D eigenvalue weighted by Crippen LogP contribution is -2.44. The van der Waals surface area contributed by atoms with Crippen molar-refractivity contribution in [1.29, 1.82) is 0 Å². The van der Waals surface area contributed by atoms with E-state index in [1.807, 2.05) is 6.92 Å². The molecule has 0 amide bonds. The van der Waals surface area contributed by atoms with E-state index in [9.17, 15) is 5.11 Å². The second kappa shape index (κ2) is 6.17. The van der Waals surface area contributed by atoms with Crippen LogP contribution in [0.3, 0.4) is 0 Å². The molecule has 0 aromatic heterocycles. The first-order valence-electron chi connectivity index (χ1n) is 7.04. The minimum Gasteiger partial charge on any atom is -0.389 e. The fraction of sp³-hybridized carbons (Fsp3) is 1.00. The molecule has 1 aliphatic carbocycles. The van der Waals surface area contributed by atoms with Gasteiger partial charge in [-0.3, -0.25) is 4.90 Å². The molecular formula is C14H30N2O. The van der Waals surface area contributed by atoms with Crippen LogP contribution in [0.2, 0.25) is 0 Å². The van der Waals surface area contributed by atoms with Gasteiger partial charge in [0.25, 0.3) is 0 Å². The average molecular weight is 242 g/mol. The standard InChI is InChI=1S/C14H30N2O/c1-11(2)7-8-16(13-5-6-13)12(3)9-14(4,17)10-15/h11-13,17H,5-10,15H2,1-4H3. The van der Waals surface area contributed by atoms with Crippen molar-refractivity contribution in [1.82, 2.24) is 4.90 Å². The van der Waals surface area contributed by atoms with Crippen LogP contribution in [0, 0.1) is 5.92 Å². The summed E-state index contributed by atoms with van der Waals surface area (Å²) in [4.78, 5) is 2.57. The average Bonchev–Trinajstić information content (AvgIpc) is 3.01. The van der Waals surface area contributed by atoms with Gasteiger partial charge in [0, 0.05) is 18.6 Å². The Morgan fingerprint density at radius 2 is 1.94 bits per heavy atom. The second-order valence-corrected chi connectivity index (χ2v) is 6.41. The van der Waals surface area contributed by atoms with Crippen LogP contribution in [0.4, 0.5) is 0 Å². The molecule has 1 rings (SSSR count). The van der Waals surface area contributed by atoms with E-state index in [2.05, 4.69) is 25.7 Å². The Morgan fingerprint density at radius 3 is 2.35 bits per heavy atom. The van der Waals surface area contributed by atoms with Crippen molar-refractivity contribution in [2.75, 3.05) is 13.1 Å². The molecule has 0 heterocycles. The van der Waals surface area contributed by atoms with E-state index in [0.29, 0.717) is 12.6 Å². The van der Waals surface area contributed by atoms with Gasteiger partial charge in [-0.15, -0.1) is 0 Å². The van der Waals surface area contributed by atoms with Crippen molar-refractivity contribution in [3.8, 4) is 0 Å². The minimum absolute atomic E-state index is 0.347. The Morgan fingerprint density at radius 1 is 1.35 bits per heavy atom. The monoisotopic (exact) mass is 242 g/mol. The molecule has 0 bridgehead atoms. The third-order valence-corrected chi connectivity index (χ3v) is 3.72. The number of hydrogen-bond donors (Lipinski definition) is 2. The molecule has 1 aliphatic rings. The quantitative estimate of drug-likeness (QED) is 0.684. The zero-order chi connectivity index (χ0) is 13.1. The van der Waals surface area contributed by atoms with Gasteiger partial charge in [0.2, 0.25) is 0 Å². The summed E-state index contributed by atoms with van der Waals surface area (Å²) in [6, 6.07) is 1.19. The Labute approximate surface area is 106 Å². The fourth-order valence-electron chi connectivity index (χ4n) is 2.41. The van der Waals surface area contributed by atoms with Crippen LogP contribution < -0.4 is 5.73 Å². The summed E-state index contributed by atoms with van der Waals surface area (Å²) < 4.78 is 0. The highest BCUT2D eigenvalue weighted by Gasteiger charge is 2.34. The topological polar surface area (TPSA) is 49.5 Å².